The number of halogens is 1. The number of nitrogens with one attached hydrogen (secondary N) is 1. The van der Waals surface area contributed by atoms with Gasteiger partial charge < -0.3 is 19.9 Å². The van der Waals surface area contributed by atoms with Gasteiger partial charge >= 0.3 is 6.03 Å². The second kappa shape index (κ2) is 6.22. The molecule has 1 aliphatic heterocycles. The molecule has 0 saturated carbocycles. The molecule has 3 rings (SSSR count). The molecule has 1 saturated heterocycles. The van der Waals surface area contributed by atoms with Crippen LogP contribution in [0.25, 0.3) is 0 Å². The molecule has 1 aromatic carbocycles. The lowest BCUT2D eigenvalue weighted by Gasteiger charge is -2.37. The number of anilines is 1. The average molecular weight is 335 g/mol. The largest absolute Gasteiger partial charge is 0.382 e. The van der Waals surface area contributed by atoms with Crippen molar-refractivity contribution in [3.8, 4) is 0 Å². The Kier molecular flexibility index (Phi) is 4.28. The highest BCUT2D eigenvalue weighted by atomic mass is 35.5. The molecule has 0 spiro atoms. The van der Waals surface area contributed by atoms with Crippen molar-refractivity contribution in [1.82, 2.24) is 14.5 Å². The fraction of sp³-hybridized carbons (Fsp3) is 0.375. The quantitative estimate of drug-likeness (QED) is 0.886. The minimum absolute atomic E-state index is 0.208. The summed E-state index contributed by atoms with van der Waals surface area (Å²) in [4.78, 5) is 18.3. The number of benzene rings is 1. The number of aromatic nitrogens is 2. The number of para-hydroxylation sites is 1. The number of hydrogen-bond donors (Lipinski definition) is 2. The molecule has 1 aromatic heterocycles. The van der Waals surface area contributed by atoms with Crippen LogP contribution in [0.15, 0.2) is 36.7 Å². The van der Waals surface area contributed by atoms with Gasteiger partial charge in [0.25, 0.3) is 0 Å². The van der Waals surface area contributed by atoms with E-state index in [9.17, 15) is 9.90 Å². The van der Waals surface area contributed by atoms with Crippen LogP contribution in [-0.4, -0.2) is 38.7 Å². The van der Waals surface area contributed by atoms with Crippen molar-refractivity contribution in [1.29, 1.82) is 0 Å². The lowest BCUT2D eigenvalue weighted by atomic mass is 9.90. The summed E-state index contributed by atoms with van der Waals surface area (Å²) in [6, 6.07) is 6.91. The van der Waals surface area contributed by atoms with Crippen LogP contribution in [-0.2, 0) is 12.6 Å². The predicted octanol–water partition coefficient (Wildman–Crippen LogP) is 2.59. The van der Waals surface area contributed by atoms with E-state index in [2.05, 4.69) is 10.3 Å². The van der Waals surface area contributed by atoms with E-state index in [1.165, 1.54) is 0 Å². The van der Waals surface area contributed by atoms with Gasteiger partial charge in [0.1, 0.15) is 11.4 Å². The van der Waals surface area contributed by atoms with Crippen molar-refractivity contribution in [2.45, 2.75) is 18.4 Å². The fourth-order valence-corrected chi connectivity index (χ4v) is 3.06. The van der Waals surface area contributed by atoms with Crippen molar-refractivity contribution < 1.29 is 9.90 Å². The first-order valence-electron chi connectivity index (χ1n) is 7.50. The van der Waals surface area contributed by atoms with Crippen molar-refractivity contribution in [2.24, 2.45) is 7.05 Å². The summed E-state index contributed by atoms with van der Waals surface area (Å²) in [5.74, 6) is 0.642. The molecule has 0 unspecified atom stereocenters. The second-order valence-corrected chi connectivity index (χ2v) is 6.20. The molecule has 1 aliphatic rings. The van der Waals surface area contributed by atoms with E-state index in [0.29, 0.717) is 42.5 Å². The van der Waals surface area contributed by atoms with Crippen LogP contribution < -0.4 is 5.32 Å². The Balaban J connectivity index is 1.64. The van der Waals surface area contributed by atoms with Gasteiger partial charge in [-0.15, -0.1) is 0 Å². The van der Waals surface area contributed by atoms with Gasteiger partial charge in [0.2, 0.25) is 0 Å². The summed E-state index contributed by atoms with van der Waals surface area (Å²) in [6.07, 6.45) is 4.38. The van der Waals surface area contributed by atoms with Gasteiger partial charge in [-0.25, -0.2) is 9.78 Å². The fourth-order valence-electron chi connectivity index (χ4n) is 2.87. The van der Waals surface area contributed by atoms with Crippen LogP contribution in [0, 0.1) is 0 Å². The summed E-state index contributed by atoms with van der Waals surface area (Å²) in [6.45, 7) is 0.916. The van der Waals surface area contributed by atoms with Crippen LogP contribution in [0.4, 0.5) is 10.5 Å². The van der Waals surface area contributed by atoms with Crippen molar-refractivity contribution >= 4 is 23.3 Å². The minimum Gasteiger partial charge on any atom is -0.382 e. The van der Waals surface area contributed by atoms with Gasteiger partial charge in [-0.1, -0.05) is 23.7 Å². The molecule has 2 aromatic rings. The standard InChI is InChI=1S/C16H19ClN4O2/c1-20-11-8-18-14(20)16(23)6-9-21(10-7-16)15(22)19-13-5-3-2-4-12(13)17/h2-5,8,11,23H,6-7,9-10H2,1H3,(H,19,22). The molecule has 0 atom stereocenters. The maximum absolute atomic E-state index is 12.3. The number of carbonyl (C=O) groups excluding carboxylic acids is 1. The number of piperidine rings is 1. The van der Waals surface area contributed by atoms with Gasteiger partial charge in [-0.2, -0.15) is 0 Å². The predicted molar refractivity (Wildman–Crippen MR) is 88.4 cm³/mol. The van der Waals surface area contributed by atoms with Crippen molar-refractivity contribution in [3.63, 3.8) is 0 Å². The Labute approximate surface area is 139 Å². The maximum atomic E-state index is 12.3. The Morgan fingerprint density at radius 3 is 2.65 bits per heavy atom. The summed E-state index contributed by atoms with van der Waals surface area (Å²) < 4.78 is 1.82. The third kappa shape index (κ3) is 3.18. The Bertz CT molecular complexity index is 708. The molecule has 122 valence electrons. The van der Waals surface area contributed by atoms with E-state index in [0.717, 1.165) is 0 Å². The Hall–Kier alpha value is -2.05. The summed E-state index contributed by atoms with van der Waals surface area (Å²) in [5, 5.41) is 14.1. The summed E-state index contributed by atoms with van der Waals surface area (Å²) in [5.41, 5.74) is -0.400. The number of likely N-dealkylation sites (tertiary alicyclic amines) is 1. The SMILES string of the molecule is Cn1ccnc1C1(O)CCN(C(=O)Nc2ccccc2Cl)CC1. The number of aliphatic hydroxyl groups is 1. The van der Waals surface area contributed by atoms with Crippen molar-refractivity contribution in [2.75, 3.05) is 18.4 Å². The van der Waals surface area contributed by atoms with Crippen LogP contribution in [0.3, 0.4) is 0 Å². The number of hydrogen-bond acceptors (Lipinski definition) is 3. The topological polar surface area (TPSA) is 70.4 Å². The van der Waals surface area contributed by atoms with Gasteiger partial charge in [0.15, 0.2) is 0 Å². The number of amides is 2. The molecule has 2 N–H and O–H groups in total. The van der Waals surface area contributed by atoms with E-state index >= 15 is 0 Å². The molecule has 23 heavy (non-hydrogen) atoms. The first-order chi connectivity index (χ1) is 11.0. The summed E-state index contributed by atoms with van der Waals surface area (Å²) in [7, 11) is 1.86. The smallest absolute Gasteiger partial charge is 0.321 e. The molecule has 0 bridgehead atoms. The molecular weight excluding hydrogens is 316 g/mol. The third-order valence-corrected chi connectivity index (χ3v) is 4.56. The van der Waals surface area contributed by atoms with Crippen LogP contribution in [0.5, 0.6) is 0 Å². The first-order valence-corrected chi connectivity index (χ1v) is 7.88. The molecular formula is C16H19ClN4O2. The lowest BCUT2D eigenvalue weighted by Crippen LogP contribution is -2.47. The van der Waals surface area contributed by atoms with E-state index < -0.39 is 5.60 Å². The van der Waals surface area contributed by atoms with E-state index in [4.69, 9.17) is 11.6 Å². The molecule has 2 amide bonds. The normalized spacial score (nSPS) is 17.1. The zero-order chi connectivity index (χ0) is 16.4. The van der Waals surface area contributed by atoms with Crippen LogP contribution in [0.1, 0.15) is 18.7 Å². The third-order valence-electron chi connectivity index (χ3n) is 4.23. The van der Waals surface area contributed by atoms with E-state index in [1.807, 2.05) is 29.9 Å². The second-order valence-electron chi connectivity index (χ2n) is 5.79. The molecule has 0 radical (unpaired) electrons. The molecule has 0 aliphatic carbocycles. The minimum atomic E-state index is -0.987. The number of imidazole rings is 1. The highest BCUT2D eigenvalue weighted by Crippen LogP contribution is 2.31. The number of nitrogens with zero attached hydrogens (tertiary/aromatic N) is 3. The van der Waals surface area contributed by atoms with Gasteiger partial charge in [0, 0.05) is 45.4 Å². The molecule has 7 heteroatoms. The Morgan fingerprint density at radius 1 is 1.35 bits per heavy atom. The van der Waals surface area contributed by atoms with Gasteiger partial charge in [0.05, 0.1) is 10.7 Å². The van der Waals surface area contributed by atoms with Crippen molar-refractivity contribution in [3.05, 3.63) is 47.5 Å². The number of aryl methyl sites for hydroxylation is 1. The molecule has 6 nitrogen and oxygen atoms in total. The Morgan fingerprint density at radius 2 is 2.04 bits per heavy atom. The van der Waals surface area contributed by atoms with Crippen LogP contribution >= 0.6 is 11.6 Å². The molecule has 2 heterocycles. The maximum Gasteiger partial charge on any atom is 0.321 e. The summed E-state index contributed by atoms with van der Waals surface area (Å²) >= 11 is 6.05. The van der Waals surface area contributed by atoms with E-state index in [-0.39, 0.29) is 6.03 Å². The highest BCUT2D eigenvalue weighted by Gasteiger charge is 2.38. The highest BCUT2D eigenvalue weighted by molar-refractivity contribution is 6.33. The lowest BCUT2D eigenvalue weighted by molar-refractivity contribution is -0.0251. The number of urea groups is 1. The number of rotatable bonds is 2. The van der Waals surface area contributed by atoms with Gasteiger partial charge in [-0.3, -0.25) is 0 Å². The van der Waals surface area contributed by atoms with Crippen LogP contribution in [0.2, 0.25) is 5.02 Å². The number of carbonyl (C=O) groups is 1. The zero-order valence-corrected chi connectivity index (χ0v) is 13.6. The van der Waals surface area contributed by atoms with Gasteiger partial charge in [-0.05, 0) is 12.1 Å². The monoisotopic (exact) mass is 334 g/mol. The average Bonchev–Trinajstić information content (AvgIpc) is 2.97. The molecule has 1 fully saturated rings. The zero-order valence-electron chi connectivity index (χ0n) is 12.9. The first kappa shape index (κ1) is 15.8. The van der Waals surface area contributed by atoms with E-state index in [1.54, 1.807) is 23.2 Å².